The van der Waals surface area contributed by atoms with Gasteiger partial charge in [-0.15, -0.1) is 0 Å². The third kappa shape index (κ3) is 3.66. The summed E-state index contributed by atoms with van der Waals surface area (Å²) in [5, 5.41) is 3.09. The van der Waals surface area contributed by atoms with Gasteiger partial charge in [0.15, 0.2) is 0 Å². The summed E-state index contributed by atoms with van der Waals surface area (Å²) in [5.41, 5.74) is 1.00. The molecule has 0 spiro atoms. The summed E-state index contributed by atoms with van der Waals surface area (Å²) in [6.07, 6.45) is 10.4. The number of nitrogens with one attached hydrogen (secondary N) is 1. The van der Waals surface area contributed by atoms with Gasteiger partial charge in [0.25, 0.3) is 0 Å². The molecule has 94 valence electrons. The maximum atomic E-state index is 4.52. The molecule has 0 aromatic carbocycles. The minimum absolute atomic E-state index is 0.785. The highest BCUT2D eigenvalue weighted by molar-refractivity contribution is 5.35. The Morgan fingerprint density at radius 2 is 1.76 bits per heavy atom. The quantitative estimate of drug-likeness (QED) is 0.868. The Morgan fingerprint density at radius 3 is 2.35 bits per heavy atom. The fraction of sp³-hybridized carbons (Fsp3) is 0.692. The first-order valence-electron chi connectivity index (χ1n) is 6.60. The van der Waals surface area contributed by atoms with Gasteiger partial charge < -0.3 is 10.2 Å². The van der Waals surface area contributed by atoms with E-state index in [4.69, 9.17) is 0 Å². The van der Waals surface area contributed by atoms with E-state index in [9.17, 15) is 0 Å². The van der Waals surface area contributed by atoms with E-state index in [0.717, 1.165) is 31.1 Å². The van der Waals surface area contributed by atoms with Gasteiger partial charge in [-0.2, -0.15) is 0 Å². The SMILES string of the molecule is CNCc1cnc(N2CCCCCCC2)cn1. The van der Waals surface area contributed by atoms with Crippen LogP contribution in [-0.2, 0) is 6.54 Å². The summed E-state index contributed by atoms with van der Waals surface area (Å²) in [4.78, 5) is 11.3. The van der Waals surface area contributed by atoms with E-state index in [0.29, 0.717) is 0 Å². The maximum absolute atomic E-state index is 4.52. The summed E-state index contributed by atoms with van der Waals surface area (Å²) in [6.45, 7) is 3.04. The van der Waals surface area contributed by atoms with E-state index in [1.807, 2.05) is 19.4 Å². The van der Waals surface area contributed by atoms with Crippen molar-refractivity contribution in [2.24, 2.45) is 0 Å². The van der Waals surface area contributed by atoms with Crippen LogP contribution in [0.5, 0.6) is 0 Å². The highest BCUT2D eigenvalue weighted by Crippen LogP contribution is 2.16. The smallest absolute Gasteiger partial charge is 0.147 e. The molecular formula is C13H22N4. The van der Waals surface area contributed by atoms with Crippen LogP contribution in [-0.4, -0.2) is 30.1 Å². The molecule has 0 radical (unpaired) electrons. The Bertz CT molecular complexity index is 315. The lowest BCUT2D eigenvalue weighted by Gasteiger charge is -2.25. The molecule has 17 heavy (non-hydrogen) atoms. The van der Waals surface area contributed by atoms with Crippen molar-refractivity contribution in [3.63, 3.8) is 0 Å². The highest BCUT2D eigenvalue weighted by atomic mass is 15.2. The topological polar surface area (TPSA) is 41.1 Å². The summed E-state index contributed by atoms with van der Waals surface area (Å²) < 4.78 is 0. The molecule has 0 amide bonds. The molecule has 0 saturated carbocycles. The van der Waals surface area contributed by atoms with Crippen LogP contribution in [0.3, 0.4) is 0 Å². The van der Waals surface area contributed by atoms with Crippen LogP contribution in [0, 0.1) is 0 Å². The normalized spacial score (nSPS) is 17.6. The first-order chi connectivity index (χ1) is 8.40. The van der Waals surface area contributed by atoms with E-state index < -0.39 is 0 Å². The zero-order chi connectivity index (χ0) is 11.9. The zero-order valence-electron chi connectivity index (χ0n) is 10.7. The van der Waals surface area contributed by atoms with Gasteiger partial charge in [-0.05, 0) is 19.9 Å². The average molecular weight is 234 g/mol. The van der Waals surface area contributed by atoms with E-state index in [2.05, 4.69) is 20.2 Å². The van der Waals surface area contributed by atoms with Crippen molar-refractivity contribution in [3.8, 4) is 0 Å². The van der Waals surface area contributed by atoms with Gasteiger partial charge in [0, 0.05) is 19.6 Å². The van der Waals surface area contributed by atoms with Crippen LogP contribution in [0.2, 0.25) is 0 Å². The molecule has 1 aliphatic heterocycles. The first kappa shape index (κ1) is 12.3. The lowest BCUT2D eigenvalue weighted by Crippen LogP contribution is -2.28. The van der Waals surface area contributed by atoms with Crippen LogP contribution < -0.4 is 10.2 Å². The Labute approximate surface area is 103 Å². The predicted octanol–water partition coefficient (Wildman–Crippen LogP) is 1.97. The van der Waals surface area contributed by atoms with E-state index >= 15 is 0 Å². The molecule has 1 aromatic rings. The van der Waals surface area contributed by atoms with Gasteiger partial charge in [-0.25, -0.2) is 4.98 Å². The Kier molecular flexibility index (Phi) is 4.74. The molecule has 1 N–H and O–H groups in total. The molecule has 1 saturated heterocycles. The van der Waals surface area contributed by atoms with Crippen molar-refractivity contribution in [2.45, 2.75) is 38.6 Å². The van der Waals surface area contributed by atoms with Crippen LogP contribution >= 0.6 is 0 Å². The predicted molar refractivity (Wildman–Crippen MR) is 70.1 cm³/mol. The molecule has 2 heterocycles. The molecule has 2 rings (SSSR count). The Hall–Kier alpha value is -1.16. The number of aromatic nitrogens is 2. The second kappa shape index (κ2) is 6.55. The van der Waals surface area contributed by atoms with E-state index in [-0.39, 0.29) is 0 Å². The third-order valence-corrected chi connectivity index (χ3v) is 3.23. The number of rotatable bonds is 3. The number of nitrogens with zero attached hydrogens (tertiary/aromatic N) is 3. The number of hydrogen-bond donors (Lipinski definition) is 1. The molecule has 0 bridgehead atoms. The van der Waals surface area contributed by atoms with E-state index in [1.165, 1.54) is 32.1 Å². The molecule has 1 aliphatic rings. The van der Waals surface area contributed by atoms with Crippen LogP contribution in [0.1, 0.15) is 37.8 Å². The summed E-state index contributed by atoms with van der Waals surface area (Å²) >= 11 is 0. The monoisotopic (exact) mass is 234 g/mol. The number of anilines is 1. The number of hydrogen-bond acceptors (Lipinski definition) is 4. The van der Waals surface area contributed by atoms with Gasteiger partial charge in [0.2, 0.25) is 0 Å². The average Bonchev–Trinajstić information content (AvgIpc) is 2.30. The lowest BCUT2D eigenvalue weighted by atomic mass is 10.1. The minimum atomic E-state index is 0.785. The van der Waals surface area contributed by atoms with Gasteiger partial charge in [0.1, 0.15) is 5.82 Å². The molecule has 4 nitrogen and oxygen atoms in total. The first-order valence-corrected chi connectivity index (χ1v) is 6.60. The van der Waals surface area contributed by atoms with Crippen molar-refractivity contribution in [2.75, 3.05) is 25.0 Å². The molecular weight excluding hydrogens is 212 g/mol. The van der Waals surface area contributed by atoms with Gasteiger partial charge >= 0.3 is 0 Å². The fourth-order valence-electron chi connectivity index (χ4n) is 2.26. The lowest BCUT2D eigenvalue weighted by molar-refractivity contribution is 0.553. The highest BCUT2D eigenvalue weighted by Gasteiger charge is 2.10. The second-order valence-electron chi connectivity index (χ2n) is 4.65. The second-order valence-corrected chi connectivity index (χ2v) is 4.65. The van der Waals surface area contributed by atoms with Gasteiger partial charge in [-0.3, -0.25) is 4.98 Å². The largest absolute Gasteiger partial charge is 0.355 e. The van der Waals surface area contributed by atoms with Crippen molar-refractivity contribution in [1.82, 2.24) is 15.3 Å². The van der Waals surface area contributed by atoms with Gasteiger partial charge in [0.05, 0.1) is 18.1 Å². The van der Waals surface area contributed by atoms with Crippen LogP contribution in [0.25, 0.3) is 0 Å². The minimum Gasteiger partial charge on any atom is -0.355 e. The molecule has 0 unspecified atom stereocenters. The van der Waals surface area contributed by atoms with Crippen LogP contribution in [0.4, 0.5) is 5.82 Å². The van der Waals surface area contributed by atoms with Crippen LogP contribution in [0.15, 0.2) is 12.4 Å². The summed E-state index contributed by atoms with van der Waals surface area (Å²) in [6, 6.07) is 0. The molecule has 0 aliphatic carbocycles. The maximum Gasteiger partial charge on any atom is 0.147 e. The standard InChI is InChI=1S/C13H22N4/c1-14-9-12-10-16-13(11-15-12)17-7-5-3-2-4-6-8-17/h10-11,14H,2-9H2,1H3. The van der Waals surface area contributed by atoms with E-state index in [1.54, 1.807) is 0 Å². The Morgan fingerprint density at radius 1 is 1.06 bits per heavy atom. The molecule has 1 fully saturated rings. The van der Waals surface area contributed by atoms with Crippen molar-refractivity contribution >= 4 is 5.82 Å². The summed E-state index contributed by atoms with van der Waals surface area (Å²) in [5.74, 6) is 1.03. The Balaban J connectivity index is 1.99. The molecule has 0 atom stereocenters. The van der Waals surface area contributed by atoms with Crippen molar-refractivity contribution in [3.05, 3.63) is 18.1 Å². The fourth-order valence-corrected chi connectivity index (χ4v) is 2.26. The molecule has 4 heteroatoms. The summed E-state index contributed by atoms with van der Waals surface area (Å²) in [7, 11) is 1.92. The third-order valence-electron chi connectivity index (χ3n) is 3.23. The zero-order valence-corrected chi connectivity index (χ0v) is 10.7. The molecule has 1 aromatic heterocycles. The van der Waals surface area contributed by atoms with Crippen molar-refractivity contribution < 1.29 is 0 Å². The van der Waals surface area contributed by atoms with Crippen molar-refractivity contribution in [1.29, 1.82) is 0 Å². The van der Waals surface area contributed by atoms with Gasteiger partial charge in [-0.1, -0.05) is 19.3 Å².